The number of H-pyrrole nitrogens is 1. The Morgan fingerprint density at radius 2 is 2.20 bits per heavy atom. The van der Waals surface area contributed by atoms with Crippen LogP contribution in [-0.4, -0.2) is 22.3 Å². The molecule has 1 aliphatic heterocycles. The molecule has 1 saturated heterocycles. The molecule has 20 heavy (non-hydrogen) atoms. The molecule has 1 N–H and O–H groups in total. The van der Waals surface area contributed by atoms with Gasteiger partial charge in [0, 0.05) is 6.61 Å². The van der Waals surface area contributed by atoms with Crippen LogP contribution in [0.4, 0.5) is 13.2 Å². The molecule has 0 amide bonds. The van der Waals surface area contributed by atoms with Gasteiger partial charge in [-0.25, -0.2) is 0 Å². The summed E-state index contributed by atoms with van der Waals surface area (Å²) in [6, 6.07) is 3.63. The molecule has 0 aliphatic carbocycles. The Hall–Kier alpha value is -1.34. The van der Waals surface area contributed by atoms with Gasteiger partial charge in [0.25, 0.3) is 0 Å². The number of imidazole rings is 1. The monoisotopic (exact) mass is 302 g/mol. The summed E-state index contributed by atoms with van der Waals surface area (Å²) in [5.74, 6) is 0. The summed E-state index contributed by atoms with van der Waals surface area (Å²) in [6.07, 6.45) is -2.29. The first-order chi connectivity index (χ1) is 9.45. The predicted octanol–water partition coefficient (Wildman–Crippen LogP) is 3.90. The maximum atomic E-state index is 12.7. The van der Waals surface area contributed by atoms with E-state index >= 15 is 0 Å². The SMILES string of the molecule is FC(F)(F)c1ccc2c(c1)[nH]c(=S)n2CC1CCCO1. The number of alkyl halides is 3. The van der Waals surface area contributed by atoms with E-state index in [1.807, 2.05) is 0 Å². The number of rotatable bonds is 2. The number of nitrogens with one attached hydrogen (secondary N) is 1. The molecular formula is C13H13F3N2OS. The second-order valence-corrected chi connectivity index (χ2v) is 5.29. The lowest BCUT2D eigenvalue weighted by Gasteiger charge is -2.11. The van der Waals surface area contributed by atoms with Crippen LogP contribution in [0.25, 0.3) is 11.0 Å². The Bertz CT molecular complexity index is 683. The van der Waals surface area contributed by atoms with Crippen molar-refractivity contribution >= 4 is 23.3 Å². The molecule has 1 unspecified atom stereocenters. The second-order valence-electron chi connectivity index (χ2n) is 4.91. The Balaban J connectivity index is 2.01. The molecule has 0 saturated carbocycles. The summed E-state index contributed by atoms with van der Waals surface area (Å²) in [5, 5.41) is 0. The highest BCUT2D eigenvalue weighted by Crippen LogP contribution is 2.31. The van der Waals surface area contributed by atoms with Crippen molar-refractivity contribution < 1.29 is 17.9 Å². The lowest BCUT2D eigenvalue weighted by molar-refractivity contribution is -0.137. The summed E-state index contributed by atoms with van der Waals surface area (Å²) in [5.41, 5.74) is 0.409. The normalized spacial score (nSPS) is 19.9. The average Bonchev–Trinajstić information content (AvgIpc) is 2.97. The number of nitrogens with zero attached hydrogens (tertiary/aromatic N) is 1. The van der Waals surface area contributed by atoms with Crippen molar-refractivity contribution in [1.82, 2.24) is 9.55 Å². The maximum Gasteiger partial charge on any atom is 0.416 e. The highest BCUT2D eigenvalue weighted by Gasteiger charge is 2.31. The highest BCUT2D eigenvalue weighted by atomic mass is 32.1. The van der Waals surface area contributed by atoms with E-state index in [1.54, 1.807) is 4.57 Å². The number of aromatic amines is 1. The van der Waals surface area contributed by atoms with Crippen molar-refractivity contribution in [1.29, 1.82) is 0 Å². The van der Waals surface area contributed by atoms with Crippen molar-refractivity contribution in [3.05, 3.63) is 28.5 Å². The predicted molar refractivity (Wildman–Crippen MR) is 71.1 cm³/mol. The molecule has 1 fully saturated rings. The van der Waals surface area contributed by atoms with Gasteiger partial charge < -0.3 is 14.3 Å². The lowest BCUT2D eigenvalue weighted by atomic mass is 10.2. The number of halogens is 3. The standard InChI is InChI=1S/C13H13F3N2OS/c14-13(15,16)8-3-4-11-10(6-8)17-12(20)18(11)7-9-2-1-5-19-9/h3-4,6,9H,1-2,5,7H2,(H,17,20). The van der Waals surface area contributed by atoms with Gasteiger partial charge >= 0.3 is 6.18 Å². The second kappa shape index (κ2) is 4.89. The van der Waals surface area contributed by atoms with Gasteiger partial charge in [-0.3, -0.25) is 0 Å². The molecule has 0 bridgehead atoms. The third-order valence-corrected chi connectivity index (χ3v) is 3.83. The summed E-state index contributed by atoms with van der Waals surface area (Å²) >= 11 is 5.19. The van der Waals surface area contributed by atoms with Gasteiger partial charge in [-0.2, -0.15) is 13.2 Å². The number of hydrogen-bond acceptors (Lipinski definition) is 2. The van der Waals surface area contributed by atoms with Gasteiger partial charge in [-0.1, -0.05) is 0 Å². The summed E-state index contributed by atoms with van der Waals surface area (Å²) in [6.45, 7) is 1.31. The Morgan fingerprint density at radius 1 is 1.40 bits per heavy atom. The Kier molecular flexibility index (Phi) is 3.33. The Morgan fingerprint density at radius 3 is 2.85 bits per heavy atom. The summed E-state index contributed by atoms with van der Waals surface area (Å²) in [4.78, 5) is 2.84. The van der Waals surface area contributed by atoms with E-state index in [0.29, 0.717) is 22.3 Å². The Labute approximate surface area is 118 Å². The molecule has 1 aliphatic rings. The minimum Gasteiger partial charge on any atom is -0.376 e. The quantitative estimate of drug-likeness (QED) is 0.853. The van der Waals surface area contributed by atoms with Crippen molar-refractivity contribution in [2.75, 3.05) is 6.61 Å². The van der Waals surface area contributed by atoms with Crippen LogP contribution >= 0.6 is 12.2 Å². The fourth-order valence-corrected chi connectivity index (χ4v) is 2.80. The van der Waals surface area contributed by atoms with Crippen LogP contribution in [0, 0.1) is 4.77 Å². The van der Waals surface area contributed by atoms with Gasteiger partial charge in [0.05, 0.1) is 29.2 Å². The molecule has 1 aromatic carbocycles. The van der Waals surface area contributed by atoms with Gasteiger partial charge in [0.15, 0.2) is 4.77 Å². The number of fused-ring (bicyclic) bond motifs is 1. The van der Waals surface area contributed by atoms with E-state index in [2.05, 4.69) is 4.98 Å². The van der Waals surface area contributed by atoms with Crippen LogP contribution in [0.3, 0.4) is 0 Å². The third kappa shape index (κ3) is 2.47. The van der Waals surface area contributed by atoms with Crippen molar-refractivity contribution in [2.24, 2.45) is 0 Å². The van der Waals surface area contributed by atoms with E-state index in [1.165, 1.54) is 6.07 Å². The van der Waals surface area contributed by atoms with Crippen LogP contribution in [0.5, 0.6) is 0 Å². The number of ether oxygens (including phenoxy) is 1. The fraction of sp³-hybridized carbons (Fsp3) is 0.462. The van der Waals surface area contributed by atoms with Crippen LogP contribution in [0.1, 0.15) is 18.4 Å². The molecule has 3 nitrogen and oxygen atoms in total. The minimum absolute atomic E-state index is 0.0861. The molecular weight excluding hydrogens is 289 g/mol. The first-order valence-electron chi connectivity index (χ1n) is 6.36. The third-order valence-electron chi connectivity index (χ3n) is 3.51. The maximum absolute atomic E-state index is 12.7. The molecule has 1 aromatic heterocycles. The van der Waals surface area contributed by atoms with Gasteiger partial charge in [-0.15, -0.1) is 0 Å². The zero-order valence-corrected chi connectivity index (χ0v) is 11.4. The number of aromatic nitrogens is 2. The van der Waals surface area contributed by atoms with E-state index in [0.717, 1.165) is 31.6 Å². The van der Waals surface area contributed by atoms with E-state index in [9.17, 15) is 13.2 Å². The van der Waals surface area contributed by atoms with Crippen LogP contribution in [0.2, 0.25) is 0 Å². The minimum atomic E-state index is -4.35. The molecule has 3 rings (SSSR count). The fourth-order valence-electron chi connectivity index (χ4n) is 2.51. The van der Waals surface area contributed by atoms with Crippen molar-refractivity contribution in [3.8, 4) is 0 Å². The average molecular weight is 302 g/mol. The van der Waals surface area contributed by atoms with Gasteiger partial charge in [0.2, 0.25) is 0 Å². The van der Waals surface area contributed by atoms with Gasteiger partial charge in [-0.05, 0) is 43.3 Å². The zero-order valence-electron chi connectivity index (χ0n) is 10.5. The molecule has 7 heteroatoms. The summed E-state index contributed by atoms with van der Waals surface area (Å²) in [7, 11) is 0. The van der Waals surface area contributed by atoms with E-state index in [4.69, 9.17) is 17.0 Å². The molecule has 0 spiro atoms. The first kappa shape index (κ1) is 13.6. The summed E-state index contributed by atoms with van der Waals surface area (Å²) < 4.78 is 45.8. The number of benzene rings is 1. The highest BCUT2D eigenvalue weighted by molar-refractivity contribution is 7.71. The topological polar surface area (TPSA) is 29.9 Å². The van der Waals surface area contributed by atoms with E-state index in [-0.39, 0.29) is 6.10 Å². The molecule has 1 atom stereocenters. The van der Waals surface area contributed by atoms with Crippen LogP contribution < -0.4 is 0 Å². The zero-order chi connectivity index (χ0) is 14.3. The van der Waals surface area contributed by atoms with Gasteiger partial charge in [0.1, 0.15) is 0 Å². The van der Waals surface area contributed by atoms with E-state index < -0.39 is 11.7 Å². The van der Waals surface area contributed by atoms with Crippen molar-refractivity contribution in [3.63, 3.8) is 0 Å². The smallest absolute Gasteiger partial charge is 0.376 e. The van der Waals surface area contributed by atoms with Crippen molar-refractivity contribution in [2.45, 2.75) is 31.7 Å². The first-order valence-corrected chi connectivity index (χ1v) is 6.77. The van der Waals surface area contributed by atoms with Crippen LogP contribution in [0.15, 0.2) is 18.2 Å². The molecule has 0 radical (unpaired) electrons. The molecule has 2 aromatic rings. The molecule has 2 heterocycles. The largest absolute Gasteiger partial charge is 0.416 e. The van der Waals surface area contributed by atoms with Crippen LogP contribution in [-0.2, 0) is 17.5 Å². The number of hydrogen-bond donors (Lipinski definition) is 1. The lowest BCUT2D eigenvalue weighted by Crippen LogP contribution is -2.14. The molecule has 108 valence electrons.